The van der Waals surface area contributed by atoms with Crippen molar-refractivity contribution in [3.05, 3.63) is 82.9 Å². The number of halogens is 12. The van der Waals surface area contributed by atoms with Crippen molar-refractivity contribution < 1.29 is 66.9 Å². The molecule has 0 saturated heterocycles. The molecule has 5 rings (SSSR count). The first-order valence-corrected chi connectivity index (χ1v) is 15.5. The van der Waals surface area contributed by atoms with E-state index in [1.807, 2.05) is 0 Å². The number of methoxy groups -OCH3 is 2. The number of hydrogen-bond acceptors (Lipinski definition) is 3. The molecule has 4 aromatic carbocycles. The Morgan fingerprint density at radius 3 is 1.31 bits per heavy atom. The van der Waals surface area contributed by atoms with Crippen LogP contribution >= 0.6 is 7.92 Å². The average Bonchev–Trinajstić information content (AvgIpc) is 3.38. The number of hydrogen-bond donors (Lipinski definition) is 0. The van der Waals surface area contributed by atoms with Gasteiger partial charge in [-0.1, -0.05) is 12.1 Å². The van der Waals surface area contributed by atoms with Gasteiger partial charge in [0.15, 0.2) is 0 Å². The Morgan fingerprint density at radius 2 is 0.958 bits per heavy atom. The number of ether oxygens (including phenoxy) is 3. The van der Waals surface area contributed by atoms with Crippen LogP contribution in [-0.4, -0.2) is 27.2 Å². The van der Waals surface area contributed by atoms with E-state index in [4.69, 9.17) is 14.2 Å². The number of rotatable bonds is 5. The SMILES string of the molecule is COc1c(-c2cc(C(F)(F)F)cc(C(F)(F)F)c2)cc(-c2cc(C(F)(F)F)cc(C(F)(F)F)c2)c(OC)c1-c1cccc2c1[P@@](C)CO2. The van der Waals surface area contributed by atoms with Gasteiger partial charge in [0.2, 0.25) is 0 Å². The van der Waals surface area contributed by atoms with Crippen LogP contribution in [0.2, 0.25) is 0 Å². The van der Waals surface area contributed by atoms with Crippen LogP contribution in [0, 0.1) is 0 Å². The summed E-state index contributed by atoms with van der Waals surface area (Å²) in [4.78, 5) is 0. The van der Waals surface area contributed by atoms with Crippen molar-refractivity contribution in [2.75, 3.05) is 27.2 Å². The summed E-state index contributed by atoms with van der Waals surface area (Å²) in [5.74, 6) is -0.335. The Kier molecular flexibility index (Phi) is 8.86. The van der Waals surface area contributed by atoms with Crippen molar-refractivity contribution in [1.29, 1.82) is 0 Å². The van der Waals surface area contributed by atoms with Gasteiger partial charge in [0.25, 0.3) is 0 Å². The highest BCUT2D eigenvalue weighted by molar-refractivity contribution is 7.65. The van der Waals surface area contributed by atoms with Gasteiger partial charge < -0.3 is 14.2 Å². The predicted molar refractivity (Wildman–Crippen MR) is 154 cm³/mol. The molecule has 48 heavy (non-hydrogen) atoms. The average molecular weight is 712 g/mol. The van der Waals surface area contributed by atoms with Gasteiger partial charge in [-0.25, -0.2) is 0 Å². The van der Waals surface area contributed by atoms with Crippen LogP contribution in [0.3, 0.4) is 0 Å². The van der Waals surface area contributed by atoms with Gasteiger partial charge >= 0.3 is 24.7 Å². The lowest BCUT2D eigenvalue weighted by molar-refractivity contribution is -0.144. The van der Waals surface area contributed by atoms with Gasteiger partial charge in [-0.2, -0.15) is 52.7 Å². The molecule has 0 aliphatic carbocycles. The standard InChI is InChI=1S/C32H21F12O3P/c1-45-26-22(15-7-17(29(33,34)35)11-18(8-15)30(36,37)38)13-23(16-9-19(31(39,40)41)12-20(10-16)32(42,43)44)27(46-2)25(26)21-5-4-6-24-28(21)48(3)14-47-24/h4-13H,14H2,1-3H3/t48-/m0/s1. The summed E-state index contributed by atoms with van der Waals surface area (Å²) in [5, 5.41) is 0.548. The second kappa shape index (κ2) is 12.1. The molecular formula is C32H21F12O3P. The van der Waals surface area contributed by atoms with E-state index in [0.29, 0.717) is 35.3 Å². The monoisotopic (exact) mass is 712 g/mol. The minimum Gasteiger partial charge on any atom is -0.495 e. The second-order valence-electron chi connectivity index (χ2n) is 10.6. The summed E-state index contributed by atoms with van der Waals surface area (Å²) >= 11 is 0. The zero-order valence-corrected chi connectivity index (χ0v) is 25.6. The lowest BCUT2D eigenvalue weighted by atomic mass is 9.88. The third kappa shape index (κ3) is 6.61. The molecule has 0 N–H and O–H groups in total. The van der Waals surface area contributed by atoms with Crippen LogP contribution in [0.25, 0.3) is 33.4 Å². The highest BCUT2D eigenvalue weighted by Crippen LogP contribution is 2.54. The summed E-state index contributed by atoms with van der Waals surface area (Å²) < 4.78 is 184. The molecule has 0 aromatic heterocycles. The summed E-state index contributed by atoms with van der Waals surface area (Å²) in [6.07, 6.45) is -20.9. The normalized spacial score (nSPS) is 15.3. The molecule has 1 aliphatic heterocycles. The third-order valence-corrected chi connectivity index (χ3v) is 9.24. The molecule has 0 bridgehead atoms. The van der Waals surface area contributed by atoms with Crippen LogP contribution in [0.5, 0.6) is 17.2 Å². The van der Waals surface area contributed by atoms with Gasteiger partial charge in [0.1, 0.15) is 23.6 Å². The fraction of sp³-hybridized carbons (Fsp3) is 0.250. The van der Waals surface area contributed by atoms with Gasteiger partial charge in [-0.3, -0.25) is 0 Å². The highest BCUT2D eigenvalue weighted by Gasteiger charge is 2.40. The minimum atomic E-state index is -5.28. The van der Waals surface area contributed by atoms with Crippen molar-refractivity contribution in [1.82, 2.24) is 0 Å². The molecule has 1 atom stereocenters. The first kappa shape index (κ1) is 35.2. The van der Waals surface area contributed by atoms with Crippen molar-refractivity contribution in [3.8, 4) is 50.6 Å². The molecule has 3 nitrogen and oxygen atoms in total. The first-order valence-electron chi connectivity index (χ1n) is 13.5. The quantitative estimate of drug-likeness (QED) is 0.152. The molecule has 4 aromatic rings. The van der Waals surface area contributed by atoms with Gasteiger partial charge in [-0.15, -0.1) is 0 Å². The molecule has 0 fully saturated rings. The zero-order valence-electron chi connectivity index (χ0n) is 24.7. The molecule has 0 amide bonds. The molecule has 16 heteroatoms. The Bertz CT molecular complexity index is 1710. The zero-order chi connectivity index (χ0) is 35.6. The molecule has 0 spiro atoms. The van der Waals surface area contributed by atoms with Gasteiger partial charge in [0, 0.05) is 22.0 Å². The van der Waals surface area contributed by atoms with Crippen LogP contribution in [0.1, 0.15) is 22.3 Å². The Hall–Kier alpha value is -4.13. The molecule has 256 valence electrons. The third-order valence-electron chi connectivity index (χ3n) is 7.50. The Morgan fingerprint density at radius 1 is 0.562 bits per heavy atom. The van der Waals surface area contributed by atoms with E-state index in [1.165, 1.54) is 12.1 Å². The minimum absolute atomic E-state index is 0.116. The molecule has 0 unspecified atom stereocenters. The lowest BCUT2D eigenvalue weighted by Gasteiger charge is -2.24. The number of alkyl halides is 12. The van der Waals surface area contributed by atoms with E-state index in [9.17, 15) is 52.7 Å². The van der Waals surface area contributed by atoms with Crippen LogP contribution in [-0.2, 0) is 24.7 Å². The maximum atomic E-state index is 13.9. The predicted octanol–water partition coefficient (Wildman–Crippen LogP) is 10.9. The van der Waals surface area contributed by atoms with E-state index in [0.717, 1.165) is 20.3 Å². The van der Waals surface area contributed by atoms with E-state index in [2.05, 4.69) is 0 Å². The second-order valence-corrected chi connectivity index (χ2v) is 12.7. The first-order chi connectivity index (χ1) is 22.1. The highest BCUT2D eigenvalue weighted by atomic mass is 31.1. The molecular weight excluding hydrogens is 691 g/mol. The summed E-state index contributed by atoms with van der Waals surface area (Å²) in [6.45, 7) is 1.80. The number of fused-ring (bicyclic) bond motifs is 1. The maximum Gasteiger partial charge on any atom is 0.416 e. The molecule has 0 radical (unpaired) electrons. The largest absolute Gasteiger partial charge is 0.495 e. The molecule has 1 aliphatic rings. The van der Waals surface area contributed by atoms with Gasteiger partial charge in [0.05, 0.1) is 42.0 Å². The fourth-order valence-corrected chi connectivity index (χ4v) is 7.01. The summed E-state index contributed by atoms with van der Waals surface area (Å²) in [7, 11) is 1.01. The Balaban J connectivity index is 2.00. The Labute approximate surface area is 265 Å². The van der Waals surface area contributed by atoms with Crippen LogP contribution in [0.15, 0.2) is 60.7 Å². The maximum absolute atomic E-state index is 13.9. The van der Waals surface area contributed by atoms with Crippen molar-refractivity contribution in [3.63, 3.8) is 0 Å². The smallest absolute Gasteiger partial charge is 0.416 e. The van der Waals surface area contributed by atoms with E-state index in [1.54, 1.807) is 12.7 Å². The number of benzene rings is 4. The molecule has 0 saturated carbocycles. The fourth-order valence-electron chi connectivity index (χ4n) is 5.43. The summed E-state index contributed by atoms with van der Waals surface area (Å²) in [6, 6.07) is 6.74. The topological polar surface area (TPSA) is 27.7 Å². The van der Waals surface area contributed by atoms with Crippen molar-refractivity contribution in [2.24, 2.45) is 0 Å². The van der Waals surface area contributed by atoms with Crippen LogP contribution in [0.4, 0.5) is 52.7 Å². The van der Waals surface area contributed by atoms with Crippen molar-refractivity contribution >= 4 is 13.2 Å². The van der Waals surface area contributed by atoms with Crippen LogP contribution < -0.4 is 19.5 Å². The molecule has 1 heterocycles. The van der Waals surface area contributed by atoms with Crippen molar-refractivity contribution in [2.45, 2.75) is 24.7 Å². The van der Waals surface area contributed by atoms with Gasteiger partial charge in [-0.05, 0) is 74.2 Å². The lowest BCUT2D eigenvalue weighted by Crippen LogP contribution is -2.12. The van der Waals surface area contributed by atoms with E-state index < -0.39 is 77.1 Å². The van der Waals surface area contributed by atoms with E-state index in [-0.39, 0.29) is 41.1 Å². The van der Waals surface area contributed by atoms with E-state index >= 15 is 0 Å². The summed E-state index contributed by atoms with van der Waals surface area (Å²) in [5.41, 5.74) is -9.20.